The number of aryl methyl sites for hydroxylation is 1. The summed E-state index contributed by atoms with van der Waals surface area (Å²) in [5.41, 5.74) is 2.81. The predicted molar refractivity (Wildman–Crippen MR) is 95.4 cm³/mol. The third-order valence-electron chi connectivity index (χ3n) is 4.52. The lowest BCUT2D eigenvalue weighted by Gasteiger charge is -2.00. The second-order valence-corrected chi connectivity index (χ2v) is 6.43. The number of phenolic OH excluding ortho intramolecular Hbond substituents is 2. The maximum atomic E-state index is 12.6. The second-order valence-electron chi connectivity index (χ2n) is 6.00. The molecular formula is C19H14ClNO4. The van der Waals surface area contributed by atoms with Crippen LogP contribution in [0.1, 0.15) is 21.6 Å². The van der Waals surface area contributed by atoms with E-state index in [0.717, 1.165) is 28.2 Å². The molecule has 0 saturated carbocycles. The molecule has 3 aromatic rings. The van der Waals surface area contributed by atoms with Gasteiger partial charge in [-0.05, 0) is 31.2 Å². The highest BCUT2D eigenvalue weighted by Crippen LogP contribution is 2.41. The summed E-state index contributed by atoms with van der Waals surface area (Å²) in [4.78, 5) is 12.6. The van der Waals surface area contributed by atoms with Crippen LogP contribution in [0.4, 0.5) is 0 Å². The van der Waals surface area contributed by atoms with E-state index in [9.17, 15) is 15.0 Å². The van der Waals surface area contributed by atoms with Crippen LogP contribution < -0.4 is 4.74 Å². The zero-order valence-corrected chi connectivity index (χ0v) is 14.3. The van der Waals surface area contributed by atoms with Crippen LogP contribution in [0.2, 0.25) is 5.02 Å². The van der Waals surface area contributed by atoms with Gasteiger partial charge in [-0.15, -0.1) is 0 Å². The van der Waals surface area contributed by atoms with Crippen LogP contribution in [-0.2, 0) is 7.05 Å². The lowest BCUT2D eigenvalue weighted by atomic mass is 10.1. The number of hydrogen-bond donors (Lipinski definition) is 2. The fourth-order valence-electron chi connectivity index (χ4n) is 3.16. The second kappa shape index (κ2) is 5.29. The minimum Gasteiger partial charge on any atom is -0.508 e. The predicted octanol–water partition coefficient (Wildman–Crippen LogP) is 4.17. The fourth-order valence-corrected chi connectivity index (χ4v) is 3.34. The van der Waals surface area contributed by atoms with Crippen molar-refractivity contribution in [3.8, 4) is 17.2 Å². The van der Waals surface area contributed by atoms with Crippen LogP contribution in [-0.4, -0.2) is 20.6 Å². The molecule has 1 aliphatic heterocycles. The average Bonchev–Trinajstić information content (AvgIpc) is 2.97. The summed E-state index contributed by atoms with van der Waals surface area (Å²) in [7, 11) is 1.93. The Morgan fingerprint density at radius 1 is 1.20 bits per heavy atom. The molecule has 2 heterocycles. The Hall–Kier alpha value is -2.92. The van der Waals surface area contributed by atoms with E-state index >= 15 is 0 Å². The molecule has 126 valence electrons. The number of carbonyl (C=O) groups is 1. The van der Waals surface area contributed by atoms with Gasteiger partial charge in [0.15, 0.2) is 5.76 Å². The van der Waals surface area contributed by atoms with Crippen molar-refractivity contribution >= 4 is 34.4 Å². The number of aromatic hydroxyl groups is 2. The average molecular weight is 356 g/mol. The number of carbonyl (C=O) groups excluding carboxylic acids is 1. The van der Waals surface area contributed by atoms with Gasteiger partial charge in [-0.1, -0.05) is 11.6 Å². The molecule has 0 unspecified atom stereocenters. The molecule has 0 amide bonds. The minimum absolute atomic E-state index is 0.0555. The molecule has 2 aromatic carbocycles. The molecule has 6 heteroatoms. The highest BCUT2D eigenvalue weighted by atomic mass is 35.5. The topological polar surface area (TPSA) is 71.7 Å². The zero-order valence-electron chi connectivity index (χ0n) is 13.5. The standard InChI is InChI=1S/C19H14ClNO4/c1-9-12(13-5-10(20)3-4-14(13)21(9)2)8-17-19(24)18-15(23)6-11(22)7-16(18)25-17/h3-8,22-23H,1-2H3. The lowest BCUT2D eigenvalue weighted by molar-refractivity contribution is 0.101. The first-order valence-corrected chi connectivity index (χ1v) is 7.99. The summed E-state index contributed by atoms with van der Waals surface area (Å²) in [6, 6.07) is 8.00. The van der Waals surface area contributed by atoms with Crippen LogP contribution in [0.3, 0.4) is 0 Å². The van der Waals surface area contributed by atoms with E-state index in [-0.39, 0.29) is 28.6 Å². The van der Waals surface area contributed by atoms with Crippen LogP contribution in [0.25, 0.3) is 17.0 Å². The Labute approximate surface area is 148 Å². The van der Waals surface area contributed by atoms with Crippen molar-refractivity contribution in [2.75, 3.05) is 0 Å². The SMILES string of the molecule is Cc1c(C=C2Oc3cc(O)cc(O)c3C2=O)c2cc(Cl)ccc2n1C. The van der Waals surface area contributed by atoms with Crippen molar-refractivity contribution in [3.63, 3.8) is 0 Å². The van der Waals surface area contributed by atoms with Crippen LogP contribution >= 0.6 is 11.6 Å². The Morgan fingerprint density at radius 2 is 1.96 bits per heavy atom. The minimum atomic E-state index is -0.425. The first kappa shape index (κ1) is 15.6. The molecule has 1 aromatic heterocycles. The number of ether oxygens (including phenoxy) is 1. The van der Waals surface area contributed by atoms with E-state index in [1.807, 2.05) is 36.7 Å². The van der Waals surface area contributed by atoms with Crippen molar-refractivity contribution in [1.29, 1.82) is 0 Å². The number of allylic oxidation sites excluding steroid dienone is 1. The summed E-state index contributed by atoms with van der Waals surface area (Å²) in [5.74, 6) is -0.665. The Balaban J connectivity index is 1.90. The lowest BCUT2D eigenvalue weighted by Crippen LogP contribution is -1.99. The van der Waals surface area contributed by atoms with Gasteiger partial charge in [0.1, 0.15) is 22.8 Å². The number of rotatable bonds is 1. The van der Waals surface area contributed by atoms with Crippen LogP contribution in [0, 0.1) is 6.92 Å². The molecular weight excluding hydrogens is 342 g/mol. The smallest absolute Gasteiger partial charge is 0.235 e. The van der Waals surface area contributed by atoms with E-state index in [4.69, 9.17) is 16.3 Å². The molecule has 0 radical (unpaired) electrons. The van der Waals surface area contributed by atoms with E-state index in [1.54, 1.807) is 6.08 Å². The number of aromatic nitrogens is 1. The van der Waals surface area contributed by atoms with E-state index in [0.29, 0.717) is 5.02 Å². The summed E-state index contributed by atoms with van der Waals surface area (Å²) >= 11 is 6.12. The van der Waals surface area contributed by atoms with Gasteiger partial charge in [0.05, 0.1) is 0 Å². The van der Waals surface area contributed by atoms with Gasteiger partial charge in [0, 0.05) is 46.4 Å². The normalized spacial score (nSPS) is 15.0. The van der Waals surface area contributed by atoms with Crippen LogP contribution in [0.15, 0.2) is 36.1 Å². The summed E-state index contributed by atoms with van der Waals surface area (Å²) in [5, 5.41) is 21.0. The Morgan fingerprint density at radius 3 is 2.72 bits per heavy atom. The molecule has 5 nitrogen and oxygen atoms in total. The van der Waals surface area contributed by atoms with Crippen molar-refractivity contribution in [2.24, 2.45) is 7.05 Å². The summed E-state index contributed by atoms with van der Waals surface area (Å²) in [6.45, 7) is 1.94. The van der Waals surface area contributed by atoms with Crippen molar-refractivity contribution in [2.45, 2.75) is 6.92 Å². The molecule has 2 N–H and O–H groups in total. The summed E-state index contributed by atoms with van der Waals surface area (Å²) < 4.78 is 7.59. The van der Waals surface area contributed by atoms with E-state index in [2.05, 4.69) is 0 Å². The molecule has 0 fully saturated rings. The Kier molecular flexibility index (Phi) is 3.30. The maximum absolute atomic E-state index is 12.6. The molecule has 1 aliphatic rings. The first-order valence-electron chi connectivity index (χ1n) is 7.61. The number of nitrogens with zero attached hydrogens (tertiary/aromatic N) is 1. The molecule has 0 aliphatic carbocycles. The van der Waals surface area contributed by atoms with Gasteiger partial charge in [-0.2, -0.15) is 0 Å². The molecule has 4 rings (SSSR count). The molecule has 0 bridgehead atoms. The van der Waals surface area contributed by atoms with Gasteiger partial charge < -0.3 is 19.5 Å². The molecule has 0 saturated heterocycles. The van der Waals surface area contributed by atoms with Crippen molar-refractivity contribution in [1.82, 2.24) is 4.57 Å². The highest BCUT2D eigenvalue weighted by molar-refractivity contribution is 6.31. The number of fused-ring (bicyclic) bond motifs is 2. The zero-order chi connectivity index (χ0) is 17.9. The number of ketones is 1. The number of hydrogen-bond acceptors (Lipinski definition) is 4. The van der Waals surface area contributed by atoms with Crippen molar-refractivity contribution < 1.29 is 19.7 Å². The van der Waals surface area contributed by atoms with E-state index < -0.39 is 5.78 Å². The van der Waals surface area contributed by atoms with Gasteiger partial charge in [0.2, 0.25) is 5.78 Å². The first-order chi connectivity index (χ1) is 11.9. The maximum Gasteiger partial charge on any atom is 0.235 e. The van der Waals surface area contributed by atoms with Crippen molar-refractivity contribution in [3.05, 3.63) is 57.9 Å². The molecule has 0 atom stereocenters. The number of halogens is 1. The Bertz CT molecular complexity index is 1090. The number of phenols is 2. The molecule has 0 spiro atoms. The van der Waals surface area contributed by atoms with Gasteiger partial charge in [-0.25, -0.2) is 0 Å². The van der Waals surface area contributed by atoms with Gasteiger partial charge >= 0.3 is 0 Å². The highest BCUT2D eigenvalue weighted by Gasteiger charge is 2.31. The number of Topliss-reactive ketones (excluding diaryl/α,β-unsaturated/α-hetero) is 1. The monoisotopic (exact) mass is 355 g/mol. The number of benzene rings is 2. The third kappa shape index (κ3) is 2.27. The molecule has 25 heavy (non-hydrogen) atoms. The third-order valence-corrected chi connectivity index (χ3v) is 4.75. The fraction of sp³-hybridized carbons (Fsp3) is 0.105. The van der Waals surface area contributed by atoms with Crippen LogP contribution in [0.5, 0.6) is 17.2 Å². The van der Waals surface area contributed by atoms with Gasteiger partial charge in [-0.3, -0.25) is 4.79 Å². The van der Waals surface area contributed by atoms with E-state index in [1.165, 1.54) is 6.07 Å². The largest absolute Gasteiger partial charge is 0.508 e. The van der Waals surface area contributed by atoms with Gasteiger partial charge in [0.25, 0.3) is 0 Å². The summed E-state index contributed by atoms with van der Waals surface area (Å²) in [6.07, 6.45) is 1.65. The quantitative estimate of drug-likeness (QED) is 0.643.